The SMILES string of the molecule is CNC(=O)C(C)NCc1ccc(C(N)=O)cc1F. The van der Waals surface area contributed by atoms with E-state index < -0.39 is 17.8 Å². The summed E-state index contributed by atoms with van der Waals surface area (Å²) in [4.78, 5) is 22.1. The van der Waals surface area contributed by atoms with Crippen LogP contribution in [-0.2, 0) is 11.3 Å². The molecule has 2 amide bonds. The van der Waals surface area contributed by atoms with Crippen molar-refractivity contribution in [1.29, 1.82) is 0 Å². The Morgan fingerprint density at radius 3 is 2.61 bits per heavy atom. The second-order valence-electron chi connectivity index (χ2n) is 3.89. The van der Waals surface area contributed by atoms with Crippen molar-refractivity contribution in [2.75, 3.05) is 7.05 Å². The van der Waals surface area contributed by atoms with Gasteiger partial charge in [0.25, 0.3) is 0 Å². The third-order valence-corrected chi connectivity index (χ3v) is 2.58. The van der Waals surface area contributed by atoms with E-state index in [4.69, 9.17) is 5.73 Å². The van der Waals surface area contributed by atoms with E-state index >= 15 is 0 Å². The van der Waals surface area contributed by atoms with Gasteiger partial charge >= 0.3 is 0 Å². The summed E-state index contributed by atoms with van der Waals surface area (Å²) in [6, 6.07) is 3.58. The highest BCUT2D eigenvalue weighted by Gasteiger charge is 2.12. The molecule has 1 rings (SSSR count). The van der Waals surface area contributed by atoms with Crippen LogP contribution >= 0.6 is 0 Å². The molecule has 0 saturated heterocycles. The lowest BCUT2D eigenvalue weighted by Crippen LogP contribution is -2.40. The Morgan fingerprint density at radius 1 is 1.44 bits per heavy atom. The Bertz CT molecular complexity index is 463. The van der Waals surface area contributed by atoms with Crippen LogP contribution in [0, 0.1) is 5.82 Å². The Balaban J connectivity index is 2.69. The van der Waals surface area contributed by atoms with Crippen LogP contribution in [0.15, 0.2) is 18.2 Å². The van der Waals surface area contributed by atoms with Crippen molar-refractivity contribution in [1.82, 2.24) is 10.6 Å². The van der Waals surface area contributed by atoms with Crippen molar-refractivity contribution in [2.45, 2.75) is 19.5 Å². The van der Waals surface area contributed by atoms with Crippen LogP contribution in [0.2, 0.25) is 0 Å². The van der Waals surface area contributed by atoms with Crippen molar-refractivity contribution in [3.63, 3.8) is 0 Å². The molecule has 18 heavy (non-hydrogen) atoms. The highest BCUT2D eigenvalue weighted by molar-refractivity contribution is 5.92. The summed E-state index contributed by atoms with van der Waals surface area (Å²) < 4.78 is 13.6. The molecule has 0 aliphatic rings. The Labute approximate surface area is 105 Å². The maximum absolute atomic E-state index is 13.6. The zero-order valence-corrected chi connectivity index (χ0v) is 10.3. The molecule has 0 fully saturated rings. The van der Waals surface area contributed by atoms with Gasteiger partial charge in [-0.2, -0.15) is 0 Å². The van der Waals surface area contributed by atoms with Gasteiger partial charge in [-0.15, -0.1) is 0 Å². The molecule has 0 bridgehead atoms. The van der Waals surface area contributed by atoms with E-state index in [9.17, 15) is 14.0 Å². The minimum atomic E-state index is -0.674. The number of hydrogen-bond donors (Lipinski definition) is 3. The molecule has 4 N–H and O–H groups in total. The fraction of sp³-hybridized carbons (Fsp3) is 0.333. The lowest BCUT2D eigenvalue weighted by Gasteiger charge is -2.12. The molecule has 98 valence electrons. The zero-order chi connectivity index (χ0) is 13.7. The van der Waals surface area contributed by atoms with Crippen molar-refractivity contribution >= 4 is 11.8 Å². The highest BCUT2D eigenvalue weighted by Crippen LogP contribution is 2.10. The van der Waals surface area contributed by atoms with E-state index in [0.717, 1.165) is 6.07 Å². The number of nitrogens with one attached hydrogen (secondary N) is 2. The minimum Gasteiger partial charge on any atom is -0.366 e. The minimum absolute atomic E-state index is 0.121. The number of benzene rings is 1. The number of nitrogens with two attached hydrogens (primary N) is 1. The summed E-state index contributed by atoms with van der Waals surface area (Å²) in [5, 5.41) is 5.35. The van der Waals surface area contributed by atoms with Gasteiger partial charge in [-0.05, 0) is 19.1 Å². The van der Waals surface area contributed by atoms with Gasteiger partial charge in [0.05, 0.1) is 6.04 Å². The number of amides is 2. The number of carbonyl (C=O) groups excluding carboxylic acids is 2. The van der Waals surface area contributed by atoms with Gasteiger partial charge in [-0.3, -0.25) is 9.59 Å². The highest BCUT2D eigenvalue weighted by atomic mass is 19.1. The Morgan fingerprint density at radius 2 is 2.11 bits per heavy atom. The van der Waals surface area contributed by atoms with Gasteiger partial charge in [0, 0.05) is 24.7 Å². The molecule has 0 aliphatic carbocycles. The van der Waals surface area contributed by atoms with E-state index in [1.807, 2.05) is 0 Å². The van der Waals surface area contributed by atoms with Gasteiger partial charge in [0.15, 0.2) is 0 Å². The van der Waals surface area contributed by atoms with E-state index in [-0.39, 0.29) is 18.0 Å². The molecule has 1 aromatic carbocycles. The predicted octanol–water partition coefficient (Wildman–Crippen LogP) is 0.149. The standard InChI is InChI=1S/C12H16FN3O2/c1-7(12(18)15-2)16-6-9-4-3-8(11(14)17)5-10(9)13/h3-5,7,16H,6H2,1-2H3,(H2,14,17)(H,15,18). The normalized spacial score (nSPS) is 11.9. The van der Waals surface area contributed by atoms with Crippen LogP contribution in [0.4, 0.5) is 4.39 Å². The Hall–Kier alpha value is -1.95. The molecule has 0 spiro atoms. The van der Waals surface area contributed by atoms with Crippen molar-refractivity contribution < 1.29 is 14.0 Å². The van der Waals surface area contributed by atoms with Crippen LogP contribution in [0.3, 0.4) is 0 Å². The maximum Gasteiger partial charge on any atom is 0.248 e. The van der Waals surface area contributed by atoms with Crippen LogP contribution in [-0.4, -0.2) is 24.9 Å². The third kappa shape index (κ3) is 3.53. The van der Waals surface area contributed by atoms with Crippen LogP contribution in [0.25, 0.3) is 0 Å². The summed E-state index contributed by atoms with van der Waals surface area (Å²) in [6.45, 7) is 1.87. The van der Waals surface area contributed by atoms with Crippen LogP contribution in [0.5, 0.6) is 0 Å². The molecule has 6 heteroatoms. The molecule has 1 aromatic rings. The molecule has 0 saturated carbocycles. The van der Waals surface area contributed by atoms with E-state index in [2.05, 4.69) is 10.6 Å². The number of rotatable bonds is 5. The quantitative estimate of drug-likeness (QED) is 0.698. The first kappa shape index (κ1) is 14.1. The van der Waals surface area contributed by atoms with Crippen molar-refractivity contribution in [3.8, 4) is 0 Å². The molecule has 0 aromatic heterocycles. The molecule has 0 radical (unpaired) electrons. The fourth-order valence-electron chi connectivity index (χ4n) is 1.42. The van der Waals surface area contributed by atoms with Gasteiger partial charge in [-0.25, -0.2) is 4.39 Å². The number of likely N-dealkylation sites (N-methyl/N-ethyl adjacent to an activating group) is 1. The summed E-state index contributed by atoms with van der Waals surface area (Å²) in [5.41, 5.74) is 5.53. The smallest absolute Gasteiger partial charge is 0.248 e. The van der Waals surface area contributed by atoms with Crippen LogP contribution in [0.1, 0.15) is 22.8 Å². The summed E-state index contributed by atoms with van der Waals surface area (Å²) in [6.07, 6.45) is 0. The predicted molar refractivity (Wildman–Crippen MR) is 65.3 cm³/mol. The number of halogens is 1. The molecule has 1 unspecified atom stereocenters. The first-order valence-electron chi connectivity index (χ1n) is 5.49. The van der Waals surface area contributed by atoms with Gasteiger partial charge in [-0.1, -0.05) is 6.07 Å². The number of hydrogen-bond acceptors (Lipinski definition) is 3. The monoisotopic (exact) mass is 253 g/mol. The van der Waals surface area contributed by atoms with E-state index in [0.29, 0.717) is 5.56 Å². The average Bonchev–Trinajstić information content (AvgIpc) is 2.35. The van der Waals surface area contributed by atoms with Crippen molar-refractivity contribution in [2.24, 2.45) is 5.73 Å². The maximum atomic E-state index is 13.6. The second-order valence-corrected chi connectivity index (χ2v) is 3.89. The number of primary amides is 1. The lowest BCUT2D eigenvalue weighted by atomic mass is 10.1. The molecule has 0 heterocycles. The summed E-state index contributed by atoms with van der Waals surface area (Å²) in [5.74, 6) is -1.38. The third-order valence-electron chi connectivity index (χ3n) is 2.58. The molecule has 0 aliphatic heterocycles. The number of carbonyl (C=O) groups is 2. The van der Waals surface area contributed by atoms with Crippen molar-refractivity contribution in [3.05, 3.63) is 35.1 Å². The first-order valence-corrected chi connectivity index (χ1v) is 5.49. The largest absolute Gasteiger partial charge is 0.366 e. The van der Waals surface area contributed by atoms with Gasteiger partial charge < -0.3 is 16.4 Å². The van der Waals surface area contributed by atoms with Gasteiger partial charge in [0.1, 0.15) is 5.82 Å². The summed E-state index contributed by atoms with van der Waals surface area (Å²) in [7, 11) is 1.53. The fourth-order valence-corrected chi connectivity index (χ4v) is 1.42. The average molecular weight is 253 g/mol. The lowest BCUT2D eigenvalue weighted by molar-refractivity contribution is -0.122. The molecular weight excluding hydrogens is 237 g/mol. The van der Waals surface area contributed by atoms with Gasteiger partial charge in [0.2, 0.25) is 11.8 Å². The molecular formula is C12H16FN3O2. The Kier molecular flexibility index (Phi) is 4.79. The molecule has 5 nitrogen and oxygen atoms in total. The zero-order valence-electron chi connectivity index (χ0n) is 10.3. The van der Waals surface area contributed by atoms with E-state index in [1.165, 1.54) is 19.2 Å². The second kappa shape index (κ2) is 6.11. The molecule has 1 atom stereocenters. The summed E-state index contributed by atoms with van der Waals surface area (Å²) >= 11 is 0. The first-order chi connectivity index (χ1) is 8.45. The van der Waals surface area contributed by atoms with Crippen LogP contribution < -0.4 is 16.4 Å². The van der Waals surface area contributed by atoms with E-state index in [1.54, 1.807) is 6.92 Å². The topological polar surface area (TPSA) is 84.2 Å².